The van der Waals surface area contributed by atoms with Crippen LogP contribution in [0.25, 0.3) is 0 Å². The van der Waals surface area contributed by atoms with Crippen molar-refractivity contribution in [3.8, 4) is 0 Å². The summed E-state index contributed by atoms with van der Waals surface area (Å²) in [6.07, 6.45) is 11.1. The molecule has 0 aromatic carbocycles. The summed E-state index contributed by atoms with van der Waals surface area (Å²) in [5, 5.41) is 4.85. The van der Waals surface area contributed by atoms with Gasteiger partial charge in [-0.25, -0.2) is 4.98 Å². The van der Waals surface area contributed by atoms with Gasteiger partial charge >= 0.3 is 0 Å². The number of nitrogens with one attached hydrogen (secondary N) is 1. The molecule has 1 aromatic heterocycles. The van der Waals surface area contributed by atoms with Crippen molar-refractivity contribution in [1.29, 1.82) is 0 Å². The molecule has 1 N–H and O–H groups in total. The van der Waals surface area contributed by atoms with E-state index in [1.54, 1.807) is 0 Å². The monoisotopic (exact) mass is 336 g/mol. The van der Waals surface area contributed by atoms with Crippen LogP contribution in [0.3, 0.4) is 0 Å². The fraction of sp³-hybridized carbons (Fsp3) is 0.833. The lowest BCUT2D eigenvalue weighted by Gasteiger charge is -2.31. The van der Waals surface area contributed by atoms with Crippen LogP contribution in [0, 0.1) is 0 Å². The molecule has 1 saturated carbocycles. The van der Waals surface area contributed by atoms with E-state index in [2.05, 4.69) is 12.2 Å². The van der Waals surface area contributed by atoms with Gasteiger partial charge in [0.1, 0.15) is 5.01 Å². The SMILES string of the molecule is C[C@@H](NC[C@H]1COC2(CCCCC2)O1)c1nc2c(s1)CCCC2. The van der Waals surface area contributed by atoms with E-state index in [0.29, 0.717) is 6.04 Å². The molecule has 0 unspecified atom stereocenters. The predicted molar refractivity (Wildman–Crippen MR) is 91.8 cm³/mol. The zero-order chi connectivity index (χ0) is 15.7. The van der Waals surface area contributed by atoms with Gasteiger partial charge in [0.25, 0.3) is 0 Å². The smallest absolute Gasteiger partial charge is 0.168 e. The van der Waals surface area contributed by atoms with Gasteiger partial charge < -0.3 is 14.8 Å². The Hall–Kier alpha value is -0.490. The second-order valence-corrected chi connectivity index (χ2v) is 8.40. The molecule has 4 nitrogen and oxygen atoms in total. The van der Waals surface area contributed by atoms with Crippen LogP contribution in [0.1, 0.15) is 73.5 Å². The molecule has 0 bridgehead atoms. The standard InChI is InChI=1S/C18H28N2O2S/c1-13(17-20-15-7-3-4-8-16(15)23-17)19-11-14-12-21-18(22-14)9-5-2-6-10-18/h13-14,19H,2-12H2,1H3/t13-,14+/m1/s1. The zero-order valence-corrected chi connectivity index (χ0v) is 14.9. The Morgan fingerprint density at radius 3 is 2.87 bits per heavy atom. The highest BCUT2D eigenvalue weighted by Crippen LogP contribution is 2.37. The van der Waals surface area contributed by atoms with E-state index < -0.39 is 0 Å². The minimum absolute atomic E-state index is 0.185. The lowest BCUT2D eigenvalue weighted by atomic mass is 9.94. The molecule has 128 valence electrons. The maximum absolute atomic E-state index is 6.26. The number of thiazole rings is 1. The molecule has 0 amide bonds. The zero-order valence-electron chi connectivity index (χ0n) is 14.1. The van der Waals surface area contributed by atoms with E-state index in [4.69, 9.17) is 14.5 Å². The predicted octanol–water partition coefficient (Wildman–Crippen LogP) is 3.75. The fourth-order valence-corrected chi connectivity index (χ4v) is 5.20. The van der Waals surface area contributed by atoms with Gasteiger partial charge in [0.05, 0.1) is 24.4 Å². The lowest BCUT2D eigenvalue weighted by Crippen LogP contribution is -2.36. The molecule has 2 fully saturated rings. The average Bonchev–Trinajstić information content (AvgIpc) is 3.18. The van der Waals surface area contributed by atoms with Crippen molar-refractivity contribution in [3.63, 3.8) is 0 Å². The molecular formula is C18H28N2O2S. The lowest BCUT2D eigenvalue weighted by molar-refractivity contribution is -0.186. The average molecular weight is 337 g/mol. The van der Waals surface area contributed by atoms with Crippen molar-refractivity contribution in [2.75, 3.05) is 13.2 Å². The molecule has 4 rings (SSSR count). The van der Waals surface area contributed by atoms with Gasteiger partial charge in [-0.15, -0.1) is 11.3 Å². The van der Waals surface area contributed by atoms with Crippen LogP contribution in [0.4, 0.5) is 0 Å². The van der Waals surface area contributed by atoms with Gasteiger partial charge in [-0.3, -0.25) is 0 Å². The van der Waals surface area contributed by atoms with Gasteiger partial charge in [-0.05, 0) is 45.4 Å². The maximum atomic E-state index is 6.26. The molecule has 23 heavy (non-hydrogen) atoms. The van der Waals surface area contributed by atoms with Crippen LogP contribution in [-0.4, -0.2) is 30.0 Å². The van der Waals surface area contributed by atoms with Gasteiger partial charge in [0, 0.05) is 24.3 Å². The number of nitrogens with zero attached hydrogens (tertiary/aromatic N) is 1. The van der Waals surface area contributed by atoms with E-state index in [0.717, 1.165) is 26.0 Å². The Morgan fingerprint density at radius 1 is 1.22 bits per heavy atom. The molecule has 5 heteroatoms. The summed E-state index contributed by atoms with van der Waals surface area (Å²) in [5.41, 5.74) is 1.35. The summed E-state index contributed by atoms with van der Waals surface area (Å²) in [7, 11) is 0. The van der Waals surface area contributed by atoms with Crippen molar-refractivity contribution in [1.82, 2.24) is 10.3 Å². The Bertz CT molecular complexity index is 516. The van der Waals surface area contributed by atoms with E-state index in [1.165, 1.54) is 60.5 Å². The minimum Gasteiger partial charge on any atom is -0.347 e. The highest BCUT2D eigenvalue weighted by atomic mass is 32.1. The van der Waals surface area contributed by atoms with Crippen LogP contribution < -0.4 is 5.32 Å². The van der Waals surface area contributed by atoms with Crippen LogP contribution in [0.15, 0.2) is 0 Å². The quantitative estimate of drug-likeness (QED) is 0.909. The molecule has 1 spiro atoms. The van der Waals surface area contributed by atoms with Gasteiger partial charge in [-0.1, -0.05) is 6.42 Å². The minimum atomic E-state index is -0.256. The van der Waals surface area contributed by atoms with E-state index in [1.807, 2.05) is 11.3 Å². The van der Waals surface area contributed by atoms with Crippen molar-refractivity contribution < 1.29 is 9.47 Å². The Labute approximate surface area is 143 Å². The number of ether oxygens (including phenoxy) is 2. The number of rotatable bonds is 4. The van der Waals surface area contributed by atoms with Crippen LogP contribution in [0.5, 0.6) is 0 Å². The molecule has 0 radical (unpaired) electrons. The summed E-state index contributed by atoms with van der Waals surface area (Å²) >= 11 is 1.90. The number of fused-ring (bicyclic) bond motifs is 1. The van der Waals surface area contributed by atoms with E-state index >= 15 is 0 Å². The fourth-order valence-electron chi connectivity index (χ4n) is 4.02. The highest BCUT2D eigenvalue weighted by molar-refractivity contribution is 7.11. The molecule has 2 aliphatic carbocycles. The third-order valence-corrected chi connectivity index (χ3v) is 6.75. The second-order valence-electron chi connectivity index (χ2n) is 7.28. The van der Waals surface area contributed by atoms with Crippen LogP contribution in [-0.2, 0) is 22.3 Å². The number of hydrogen-bond acceptors (Lipinski definition) is 5. The summed E-state index contributed by atoms with van der Waals surface area (Å²) in [6.45, 7) is 3.80. The van der Waals surface area contributed by atoms with Crippen molar-refractivity contribution in [2.24, 2.45) is 0 Å². The largest absolute Gasteiger partial charge is 0.347 e. The van der Waals surface area contributed by atoms with Gasteiger partial charge in [-0.2, -0.15) is 0 Å². The Balaban J connectivity index is 1.30. The number of aromatic nitrogens is 1. The molecular weight excluding hydrogens is 308 g/mol. The summed E-state index contributed by atoms with van der Waals surface area (Å²) in [5.74, 6) is -0.256. The van der Waals surface area contributed by atoms with Crippen molar-refractivity contribution >= 4 is 11.3 Å². The van der Waals surface area contributed by atoms with E-state index in [-0.39, 0.29) is 11.9 Å². The molecule has 1 aliphatic heterocycles. The van der Waals surface area contributed by atoms with E-state index in [9.17, 15) is 0 Å². The molecule has 2 heterocycles. The number of hydrogen-bond donors (Lipinski definition) is 1. The maximum Gasteiger partial charge on any atom is 0.168 e. The summed E-state index contributed by atoms with van der Waals surface area (Å²) in [6, 6.07) is 0.303. The topological polar surface area (TPSA) is 43.4 Å². The molecule has 2 atom stereocenters. The molecule has 1 aromatic rings. The first kappa shape index (κ1) is 16.0. The van der Waals surface area contributed by atoms with Crippen molar-refractivity contribution in [3.05, 3.63) is 15.6 Å². The molecule has 1 saturated heterocycles. The third-order valence-electron chi connectivity index (χ3n) is 5.41. The summed E-state index contributed by atoms with van der Waals surface area (Å²) in [4.78, 5) is 6.38. The second kappa shape index (κ2) is 6.79. The number of aryl methyl sites for hydroxylation is 2. The van der Waals surface area contributed by atoms with Gasteiger partial charge in [0.15, 0.2) is 5.79 Å². The third kappa shape index (κ3) is 3.48. The first-order chi connectivity index (χ1) is 11.2. The Morgan fingerprint density at radius 2 is 2.04 bits per heavy atom. The first-order valence-corrected chi connectivity index (χ1v) is 10.1. The Kier molecular flexibility index (Phi) is 4.72. The van der Waals surface area contributed by atoms with Crippen LogP contribution in [0.2, 0.25) is 0 Å². The summed E-state index contributed by atoms with van der Waals surface area (Å²) < 4.78 is 12.3. The highest BCUT2D eigenvalue weighted by Gasteiger charge is 2.42. The van der Waals surface area contributed by atoms with Gasteiger partial charge in [0.2, 0.25) is 0 Å². The first-order valence-electron chi connectivity index (χ1n) is 9.28. The molecule has 3 aliphatic rings. The normalized spacial score (nSPS) is 28.0. The van der Waals surface area contributed by atoms with Crippen LogP contribution >= 0.6 is 11.3 Å². The van der Waals surface area contributed by atoms with Crippen molar-refractivity contribution in [2.45, 2.75) is 82.6 Å².